The molecule has 2 nitrogen and oxygen atoms in total. The van der Waals surface area contributed by atoms with Crippen molar-refractivity contribution in [2.45, 2.75) is 39.2 Å². The second kappa shape index (κ2) is 7.91. The van der Waals surface area contributed by atoms with Gasteiger partial charge >= 0.3 is 0 Å². The molecular formula is C18H25NO. The van der Waals surface area contributed by atoms with Crippen molar-refractivity contribution in [3.8, 4) is 5.75 Å². The van der Waals surface area contributed by atoms with E-state index in [0.29, 0.717) is 0 Å². The summed E-state index contributed by atoms with van der Waals surface area (Å²) in [7, 11) is 0. The molecule has 20 heavy (non-hydrogen) atoms. The van der Waals surface area contributed by atoms with Gasteiger partial charge in [-0.1, -0.05) is 56.7 Å². The summed E-state index contributed by atoms with van der Waals surface area (Å²) in [5.41, 5.74) is 0. The van der Waals surface area contributed by atoms with E-state index in [1.165, 1.54) is 10.8 Å². The smallest absolute Gasteiger partial charge is 0.127 e. The van der Waals surface area contributed by atoms with Crippen LogP contribution in [0.2, 0.25) is 0 Å². The van der Waals surface area contributed by atoms with Gasteiger partial charge in [0.1, 0.15) is 11.9 Å². The molecule has 0 spiro atoms. The first-order valence-corrected chi connectivity index (χ1v) is 7.70. The van der Waals surface area contributed by atoms with Crippen LogP contribution in [0.5, 0.6) is 5.75 Å². The van der Waals surface area contributed by atoms with E-state index < -0.39 is 0 Å². The molecule has 2 heteroatoms. The molecule has 0 bridgehead atoms. The Bertz CT molecular complexity index is 518. The van der Waals surface area contributed by atoms with E-state index in [1.54, 1.807) is 0 Å². The molecule has 108 valence electrons. The zero-order valence-electron chi connectivity index (χ0n) is 12.6. The number of fused-ring (bicyclic) bond motifs is 1. The molecule has 1 unspecified atom stereocenters. The quantitative estimate of drug-likeness (QED) is 0.719. The van der Waals surface area contributed by atoms with Gasteiger partial charge in [0.05, 0.1) is 0 Å². The second-order valence-electron chi connectivity index (χ2n) is 5.21. The van der Waals surface area contributed by atoms with Gasteiger partial charge in [-0.05, 0) is 30.8 Å². The highest BCUT2D eigenvalue weighted by Crippen LogP contribution is 2.26. The van der Waals surface area contributed by atoms with Crippen LogP contribution in [0, 0.1) is 0 Å². The average Bonchev–Trinajstić information content (AvgIpc) is 2.48. The summed E-state index contributed by atoms with van der Waals surface area (Å²) in [6, 6.07) is 14.7. The topological polar surface area (TPSA) is 21.3 Å². The highest BCUT2D eigenvalue weighted by Gasteiger charge is 2.11. The van der Waals surface area contributed by atoms with Crippen LogP contribution in [0.4, 0.5) is 0 Å². The first-order chi connectivity index (χ1) is 9.85. The summed E-state index contributed by atoms with van der Waals surface area (Å²) in [5.74, 6) is 1.000. The lowest BCUT2D eigenvalue weighted by Gasteiger charge is -2.20. The SMILES string of the molecule is CCCNCC(CCC)Oc1cccc2ccccc12. The van der Waals surface area contributed by atoms with E-state index in [0.717, 1.165) is 38.1 Å². The van der Waals surface area contributed by atoms with Crippen LogP contribution in [0.1, 0.15) is 33.1 Å². The predicted octanol–water partition coefficient (Wildman–Crippen LogP) is 4.39. The number of ether oxygens (including phenoxy) is 1. The van der Waals surface area contributed by atoms with Gasteiger partial charge in [0.25, 0.3) is 0 Å². The van der Waals surface area contributed by atoms with Gasteiger partial charge in [-0.3, -0.25) is 0 Å². The lowest BCUT2D eigenvalue weighted by atomic mass is 10.1. The zero-order valence-corrected chi connectivity index (χ0v) is 12.6. The van der Waals surface area contributed by atoms with Gasteiger partial charge in [-0.15, -0.1) is 0 Å². The van der Waals surface area contributed by atoms with Crippen LogP contribution in [0.15, 0.2) is 42.5 Å². The molecule has 0 saturated heterocycles. The zero-order chi connectivity index (χ0) is 14.2. The molecule has 0 saturated carbocycles. The van der Waals surface area contributed by atoms with Gasteiger partial charge in [0.2, 0.25) is 0 Å². The maximum Gasteiger partial charge on any atom is 0.127 e. The van der Waals surface area contributed by atoms with Crippen molar-refractivity contribution in [1.82, 2.24) is 5.32 Å². The first kappa shape index (κ1) is 14.9. The summed E-state index contributed by atoms with van der Waals surface area (Å²) in [4.78, 5) is 0. The number of rotatable bonds is 8. The minimum atomic E-state index is 0.248. The Labute approximate surface area is 122 Å². The summed E-state index contributed by atoms with van der Waals surface area (Å²) in [5, 5.41) is 5.90. The molecule has 1 atom stereocenters. The highest BCUT2D eigenvalue weighted by molar-refractivity contribution is 5.88. The van der Waals surface area contributed by atoms with E-state index in [4.69, 9.17) is 4.74 Å². The maximum atomic E-state index is 6.25. The standard InChI is InChI=1S/C18H25NO/c1-3-8-16(14-19-13-4-2)20-18-12-7-10-15-9-5-6-11-17(15)18/h5-7,9-12,16,19H,3-4,8,13-14H2,1-2H3. The Kier molecular flexibility index (Phi) is 5.87. The second-order valence-corrected chi connectivity index (χ2v) is 5.21. The summed E-state index contributed by atoms with van der Waals surface area (Å²) >= 11 is 0. The van der Waals surface area contributed by atoms with Crippen molar-refractivity contribution in [3.63, 3.8) is 0 Å². The van der Waals surface area contributed by atoms with Gasteiger partial charge < -0.3 is 10.1 Å². The predicted molar refractivity (Wildman–Crippen MR) is 86.4 cm³/mol. The minimum absolute atomic E-state index is 0.248. The largest absolute Gasteiger partial charge is 0.488 e. The lowest BCUT2D eigenvalue weighted by molar-refractivity contribution is 0.189. The Hall–Kier alpha value is -1.54. The van der Waals surface area contributed by atoms with Gasteiger partial charge in [0.15, 0.2) is 0 Å². The molecule has 0 heterocycles. The van der Waals surface area contributed by atoms with Gasteiger partial charge in [-0.25, -0.2) is 0 Å². The number of hydrogen-bond donors (Lipinski definition) is 1. The summed E-state index contributed by atoms with van der Waals surface area (Å²) in [6.07, 6.45) is 3.63. The highest BCUT2D eigenvalue weighted by atomic mass is 16.5. The third kappa shape index (κ3) is 3.97. The Morgan fingerprint density at radius 1 is 1.00 bits per heavy atom. The molecule has 0 fully saturated rings. The Balaban J connectivity index is 2.11. The normalized spacial score (nSPS) is 12.5. The molecule has 0 amide bonds. The van der Waals surface area contributed by atoms with E-state index >= 15 is 0 Å². The van der Waals surface area contributed by atoms with Crippen LogP contribution >= 0.6 is 0 Å². The van der Waals surface area contributed by atoms with Crippen molar-refractivity contribution in [3.05, 3.63) is 42.5 Å². The lowest BCUT2D eigenvalue weighted by Crippen LogP contribution is -2.31. The maximum absolute atomic E-state index is 6.25. The van der Waals surface area contributed by atoms with E-state index in [9.17, 15) is 0 Å². The summed E-state index contributed by atoms with van der Waals surface area (Å²) < 4.78 is 6.25. The molecule has 0 radical (unpaired) electrons. The third-order valence-electron chi connectivity index (χ3n) is 3.45. The molecule has 2 aromatic carbocycles. The Morgan fingerprint density at radius 3 is 2.60 bits per heavy atom. The molecule has 2 aromatic rings. The monoisotopic (exact) mass is 271 g/mol. The Morgan fingerprint density at radius 2 is 1.80 bits per heavy atom. The van der Waals surface area contributed by atoms with E-state index in [-0.39, 0.29) is 6.10 Å². The van der Waals surface area contributed by atoms with Crippen molar-refractivity contribution < 1.29 is 4.74 Å². The molecule has 0 aromatic heterocycles. The molecule has 0 aliphatic rings. The van der Waals surface area contributed by atoms with Crippen molar-refractivity contribution >= 4 is 10.8 Å². The molecular weight excluding hydrogens is 246 g/mol. The molecule has 2 rings (SSSR count). The van der Waals surface area contributed by atoms with E-state index in [2.05, 4.69) is 61.6 Å². The number of hydrogen-bond acceptors (Lipinski definition) is 2. The number of nitrogens with one attached hydrogen (secondary N) is 1. The van der Waals surface area contributed by atoms with Crippen LogP contribution < -0.4 is 10.1 Å². The van der Waals surface area contributed by atoms with Gasteiger partial charge in [0, 0.05) is 11.9 Å². The fraction of sp³-hybridized carbons (Fsp3) is 0.444. The summed E-state index contributed by atoms with van der Waals surface area (Å²) in [6.45, 7) is 6.37. The fourth-order valence-electron chi connectivity index (χ4n) is 2.44. The van der Waals surface area contributed by atoms with Crippen LogP contribution in [-0.4, -0.2) is 19.2 Å². The fourth-order valence-corrected chi connectivity index (χ4v) is 2.44. The van der Waals surface area contributed by atoms with Crippen molar-refractivity contribution in [2.24, 2.45) is 0 Å². The average molecular weight is 271 g/mol. The van der Waals surface area contributed by atoms with Crippen LogP contribution in [-0.2, 0) is 0 Å². The van der Waals surface area contributed by atoms with E-state index in [1.807, 2.05) is 0 Å². The van der Waals surface area contributed by atoms with Crippen LogP contribution in [0.25, 0.3) is 10.8 Å². The third-order valence-corrected chi connectivity index (χ3v) is 3.45. The van der Waals surface area contributed by atoms with Gasteiger partial charge in [-0.2, -0.15) is 0 Å². The molecule has 1 N–H and O–H groups in total. The molecule has 0 aliphatic carbocycles. The molecule has 0 aliphatic heterocycles. The van der Waals surface area contributed by atoms with Crippen molar-refractivity contribution in [1.29, 1.82) is 0 Å². The number of benzene rings is 2. The van der Waals surface area contributed by atoms with Crippen molar-refractivity contribution in [2.75, 3.05) is 13.1 Å². The first-order valence-electron chi connectivity index (χ1n) is 7.70. The van der Waals surface area contributed by atoms with Crippen LogP contribution in [0.3, 0.4) is 0 Å². The minimum Gasteiger partial charge on any atom is -0.488 e.